The van der Waals surface area contributed by atoms with Crippen molar-refractivity contribution < 1.29 is 40.5 Å². The van der Waals surface area contributed by atoms with Gasteiger partial charge in [-0.3, -0.25) is 0 Å². The Kier molecular flexibility index (Phi) is 6.72. The summed E-state index contributed by atoms with van der Waals surface area (Å²) < 4.78 is 38.1. The molecule has 0 heterocycles. The third-order valence-corrected chi connectivity index (χ3v) is 2.84. The summed E-state index contributed by atoms with van der Waals surface area (Å²) in [5.74, 6) is -0.880. The summed E-state index contributed by atoms with van der Waals surface area (Å²) in [6, 6.07) is 4.49. The van der Waals surface area contributed by atoms with E-state index in [1.165, 1.54) is 19.9 Å². The van der Waals surface area contributed by atoms with Crippen molar-refractivity contribution in [2.45, 2.75) is 38.1 Å². The van der Waals surface area contributed by atoms with Crippen LogP contribution in [0.4, 0.5) is 13.2 Å². The van der Waals surface area contributed by atoms with Crippen LogP contribution in [0.25, 0.3) is 0 Å². The van der Waals surface area contributed by atoms with Crippen molar-refractivity contribution in [2.75, 3.05) is 0 Å². The zero-order valence-corrected chi connectivity index (χ0v) is 11.7. The van der Waals surface area contributed by atoms with Crippen molar-refractivity contribution >= 4 is 0 Å². The van der Waals surface area contributed by atoms with E-state index in [0.717, 1.165) is 12.1 Å². The Morgan fingerprint density at radius 2 is 1.60 bits per heavy atom. The average Bonchev–Trinajstić information content (AvgIpc) is 2.26. The van der Waals surface area contributed by atoms with E-state index in [-0.39, 0.29) is 28.2 Å². The molecule has 1 rings (SSSR count). The van der Waals surface area contributed by atoms with Crippen LogP contribution in [0.1, 0.15) is 36.5 Å². The molecule has 0 fully saturated rings. The first-order valence-corrected chi connectivity index (χ1v) is 5.65. The molecule has 7 heteroatoms. The summed E-state index contributed by atoms with van der Waals surface area (Å²) in [6.07, 6.45) is -6.64. The fourth-order valence-electron chi connectivity index (χ4n) is 2.03. The summed E-state index contributed by atoms with van der Waals surface area (Å²) >= 11 is 0. The number of nitriles is 1. The van der Waals surface area contributed by atoms with Gasteiger partial charge in [0.15, 0.2) is 0 Å². The molecular formula is C13H14CuF3NO2. The number of rotatable bonds is 3. The third kappa shape index (κ3) is 4.50. The van der Waals surface area contributed by atoms with Crippen LogP contribution in [0.2, 0.25) is 0 Å². The summed E-state index contributed by atoms with van der Waals surface area (Å²) in [5, 5.41) is 27.9. The van der Waals surface area contributed by atoms with Gasteiger partial charge in [0.05, 0.1) is 29.4 Å². The summed E-state index contributed by atoms with van der Waals surface area (Å²) in [6.45, 7) is 2.76. The van der Waals surface area contributed by atoms with Crippen molar-refractivity contribution in [3.8, 4) is 6.07 Å². The molecule has 0 saturated carbocycles. The van der Waals surface area contributed by atoms with E-state index in [2.05, 4.69) is 0 Å². The Morgan fingerprint density at radius 3 is 1.95 bits per heavy atom. The maximum atomic E-state index is 12.7. The SMILES string of the molecule is CC(O)C(c1cc(C#N)cc(C(F)(F)F)c1)C(C)O.[Cu]. The van der Waals surface area contributed by atoms with E-state index in [1.54, 1.807) is 6.07 Å². The van der Waals surface area contributed by atoms with Crippen molar-refractivity contribution in [1.29, 1.82) is 5.26 Å². The first-order valence-electron chi connectivity index (χ1n) is 5.65. The zero-order valence-electron chi connectivity index (χ0n) is 10.7. The molecule has 0 bridgehead atoms. The Morgan fingerprint density at radius 1 is 1.10 bits per heavy atom. The zero-order chi connectivity index (χ0) is 14.8. The molecule has 0 amide bonds. The molecular weight excluding hydrogens is 323 g/mol. The number of aliphatic hydroxyl groups excluding tert-OH is 2. The van der Waals surface area contributed by atoms with Gasteiger partial charge in [-0.15, -0.1) is 0 Å². The van der Waals surface area contributed by atoms with Crippen molar-refractivity contribution in [3.05, 3.63) is 34.9 Å². The average molecular weight is 337 g/mol. The maximum Gasteiger partial charge on any atom is 0.416 e. The molecule has 3 nitrogen and oxygen atoms in total. The van der Waals surface area contributed by atoms with Gasteiger partial charge in [0.2, 0.25) is 0 Å². The Labute approximate surface area is 125 Å². The third-order valence-electron chi connectivity index (χ3n) is 2.84. The monoisotopic (exact) mass is 336 g/mol. The molecule has 115 valence electrons. The number of nitrogens with zero attached hydrogens (tertiary/aromatic N) is 1. The van der Waals surface area contributed by atoms with E-state index in [4.69, 9.17) is 5.26 Å². The van der Waals surface area contributed by atoms with E-state index < -0.39 is 29.9 Å². The van der Waals surface area contributed by atoms with Crippen LogP contribution in [0, 0.1) is 11.3 Å². The van der Waals surface area contributed by atoms with Gasteiger partial charge >= 0.3 is 6.18 Å². The second-order valence-electron chi connectivity index (χ2n) is 4.46. The first kappa shape index (κ1) is 18.9. The van der Waals surface area contributed by atoms with Gasteiger partial charge < -0.3 is 10.2 Å². The largest absolute Gasteiger partial charge is 0.416 e. The smallest absolute Gasteiger partial charge is 0.393 e. The molecule has 2 N–H and O–H groups in total. The summed E-state index contributed by atoms with van der Waals surface area (Å²) in [5.41, 5.74) is -1.03. The van der Waals surface area contributed by atoms with Gasteiger partial charge in [-0.2, -0.15) is 18.4 Å². The van der Waals surface area contributed by atoms with Crippen LogP contribution < -0.4 is 0 Å². The minimum atomic E-state index is -4.58. The first-order chi connectivity index (χ1) is 8.66. The molecule has 0 aromatic heterocycles. The predicted octanol–water partition coefficient (Wildman–Crippen LogP) is 2.42. The minimum absolute atomic E-state index is 0. The molecule has 0 aliphatic heterocycles. The van der Waals surface area contributed by atoms with Crippen molar-refractivity contribution in [1.82, 2.24) is 0 Å². The van der Waals surface area contributed by atoms with Crippen molar-refractivity contribution in [2.24, 2.45) is 0 Å². The van der Waals surface area contributed by atoms with Crippen LogP contribution in [-0.4, -0.2) is 22.4 Å². The van der Waals surface area contributed by atoms with Crippen LogP contribution in [-0.2, 0) is 23.2 Å². The minimum Gasteiger partial charge on any atom is -0.393 e. The number of alkyl halides is 3. The normalized spacial score (nSPS) is 15.7. The van der Waals surface area contributed by atoms with Gasteiger partial charge in [-0.25, -0.2) is 0 Å². The van der Waals surface area contributed by atoms with E-state index >= 15 is 0 Å². The molecule has 1 aromatic carbocycles. The summed E-state index contributed by atoms with van der Waals surface area (Å²) in [4.78, 5) is 0. The van der Waals surface area contributed by atoms with Gasteiger partial charge in [0.1, 0.15) is 0 Å². The Hall–Kier alpha value is -1.06. The van der Waals surface area contributed by atoms with Gasteiger partial charge in [-0.05, 0) is 37.6 Å². The second kappa shape index (κ2) is 7.09. The Bertz CT molecular complexity index is 487. The standard InChI is InChI=1S/C13H14F3NO2.Cu/c1-7(18)12(8(2)19)10-3-9(6-17)4-11(5-10)13(14,15)16;/h3-5,7-8,12,18-19H,1-2H3;. The molecule has 2 unspecified atom stereocenters. The molecule has 2 atom stereocenters. The number of benzene rings is 1. The van der Waals surface area contributed by atoms with E-state index in [9.17, 15) is 23.4 Å². The Balaban J connectivity index is 0.00000361. The number of hydrogen-bond acceptors (Lipinski definition) is 3. The maximum absolute atomic E-state index is 12.7. The number of aliphatic hydroxyl groups is 2. The number of hydrogen-bond donors (Lipinski definition) is 2. The fourth-order valence-corrected chi connectivity index (χ4v) is 2.03. The van der Waals surface area contributed by atoms with E-state index in [0.29, 0.717) is 0 Å². The molecule has 0 saturated heterocycles. The fraction of sp³-hybridized carbons (Fsp3) is 0.462. The topological polar surface area (TPSA) is 64.2 Å². The molecule has 0 spiro atoms. The molecule has 1 radical (unpaired) electrons. The van der Waals surface area contributed by atoms with E-state index in [1.807, 2.05) is 0 Å². The van der Waals surface area contributed by atoms with Crippen LogP contribution in [0.15, 0.2) is 18.2 Å². The van der Waals surface area contributed by atoms with Crippen LogP contribution >= 0.6 is 0 Å². The summed E-state index contributed by atoms with van der Waals surface area (Å²) in [7, 11) is 0. The van der Waals surface area contributed by atoms with Gasteiger partial charge in [0, 0.05) is 23.0 Å². The van der Waals surface area contributed by atoms with Crippen LogP contribution in [0.5, 0.6) is 0 Å². The predicted molar refractivity (Wildman–Crippen MR) is 62.3 cm³/mol. The molecule has 1 aromatic rings. The number of halogens is 3. The molecule has 0 aliphatic rings. The van der Waals surface area contributed by atoms with Crippen molar-refractivity contribution in [3.63, 3.8) is 0 Å². The molecule has 0 aliphatic carbocycles. The van der Waals surface area contributed by atoms with Crippen LogP contribution in [0.3, 0.4) is 0 Å². The van der Waals surface area contributed by atoms with Gasteiger partial charge in [-0.1, -0.05) is 0 Å². The quantitative estimate of drug-likeness (QED) is 0.833. The molecule has 20 heavy (non-hydrogen) atoms. The second-order valence-corrected chi connectivity index (χ2v) is 4.46. The van der Waals surface area contributed by atoms with Gasteiger partial charge in [0.25, 0.3) is 0 Å².